The van der Waals surface area contributed by atoms with Crippen LogP contribution in [0.4, 0.5) is 0 Å². The van der Waals surface area contributed by atoms with Crippen molar-refractivity contribution in [1.82, 2.24) is 0 Å². The van der Waals surface area contributed by atoms with Gasteiger partial charge in [0, 0.05) is 11.3 Å². The average Bonchev–Trinajstić information content (AvgIpc) is 2.01. The summed E-state index contributed by atoms with van der Waals surface area (Å²) in [5.41, 5.74) is 1.70. The van der Waals surface area contributed by atoms with E-state index in [1.807, 2.05) is 12.1 Å². The van der Waals surface area contributed by atoms with Crippen molar-refractivity contribution in [3.05, 3.63) is 29.3 Å². The van der Waals surface area contributed by atoms with Gasteiger partial charge < -0.3 is 5.11 Å². The molecule has 70 valence electrons. The highest BCUT2D eigenvalue weighted by Crippen LogP contribution is 2.14. The summed E-state index contributed by atoms with van der Waals surface area (Å²) >= 11 is 4.18. The molecule has 0 radical (unpaired) electrons. The lowest BCUT2D eigenvalue weighted by Gasteiger charge is -2.03. The maximum absolute atomic E-state index is 10.8. The van der Waals surface area contributed by atoms with Gasteiger partial charge in [-0.05, 0) is 30.2 Å². The molecule has 1 aromatic rings. The van der Waals surface area contributed by atoms with E-state index in [0.29, 0.717) is 6.42 Å². The molecule has 3 heteroatoms. The summed E-state index contributed by atoms with van der Waals surface area (Å²) in [5.74, 6) is 0.114. The van der Waals surface area contributed by atoms with Gasteiger partial charge in [0.1, 0.15) is 5.78 Å². The quantitative estimate of drug-likeness (QED) is 0.720. The lowest BCUT2D eigenvalue weighted by Crippen LogP contribution is -1.97. The first-order valence-electron chi connectivity index (χ1n) is 4.04. The number of hydrogen-bond donors (Lipinski definition) is 2. The summed E-state index contributed by atoms with van der Waals surface area (Å²) in [6, 6.07) is 5.44. The SMILES string of the molecule is CC(=O)Cc1cc(S)cc(CO)c1. The molecule has 1 N–H and O–H groups in total. The number of aliphatic hydroxyl groups is 1. The molecule has 0 spiro atoms. The first-order valence-corrected chi connectivity index (χ1v) is 4.48. The Balaban J connectivity index is 2.94. The van der Waals surface area contributed by atoms with E-state index in [9.17, 15) is 4.79 Å². The summed E-state index contributed by atoms with van der Waals surface area (Å²) in [7, 11) is 0. The molecule has 0 bridgehead atoms. The number of Topliss-reactive ketones (excluding diaryl/α,β-unsaturated/α-hetero) is 1. The molecule has 0 aliphatic carbocycles. The van der Waals surface area contributed by atoms with Gasteiger partial charge in [0.2, 0.25) is 0 Å². The molecule has 0 aromatic heterocycles. The lowest BCUT2D eigenvalue weighted by atomic mass is 10.1. The number of rotatable bonds is 3. The second-order valence-corrected chi connectivity index (χ2v) is 3.56. The zero-order valence-electron chi connectivity index (χ0n) is 7.45. The van der Waals surface area contributed by atoms with Gasteiger partial charge >= 0.3 is 0 Å². The van der Waals surface area contributed by atoms with Crippen LogP contribution in [-0.2, 0) is 17.8 Å². The van der Waals surface area contributed by atoms with E-state index >= 15 is 0 Å². The highest BCUT2D eigenvalue weighted by molar-refractivity contribution is 7.80. The Bertz CT molecular complexity index is 321. The van der Waals surface area contributed by atoms with Crippen molar-refractivity contribution in [3.8, 4) is 0 Å². The second kappa shape index (κ2) is 4.44. The summed E-state index contributed by atoms with van der Waals surface area (Å²) < 4.78 is 0. The van der Waals surface area contributed by atoms with E-state index in [1.165, 1.54) is 0 Å². The van der Waals surface area contributed by atoms with Gasteiger partial charge in [0.25, 0.3) is 0 Å². The van der Waals surface area contributed by atoms with Crippen LogP contribution in [0, 0.1) is 0 Å². The minimum atomic E-state index is -0.0146. The fourth-order valence-corrected chi connectivity index (χ4v) is 1.56. The standard InChI is InChI=1S/C10H12O2S/c1-7(12)2-8-3-9(6-11)5-10(13)4-8/h3-5,11,13H,2,6H2,1H3. The molecular formula is C10H12O2S. The van der Waals surface area contributed by atoms with Crippen molar-refractivity contribution in [2.45, 2.75) is 24.8 Å². The first-order chi connectivity index (χ1) is 6.11. The number of aliphatic hydroxyl groups excluding tert-OH is 1. The van der Waals surface area contributed by atoms with Gasteiger partial charge in [0.05, 0.1) is 6.61 Å². The third-order valence-corrected chi connectivity index (χ3v) is 1.93. The van der Waals surface area contributed by atoms with Gasteiger partial charge in [-0.3, -0.25) is 4.79 Å². The molecule has 0 heterocycles. The fourth-order valence-electron chi connectivity index (χ4n) is 1.22. The minimum Gasteiger partial charge on any atom is -0.392 e. The normalized spacial score (nSPS) is 10.1. The van der Waals surface area contributed by atoms with Crippen LogP contribution in [0.15, 0.2) is 23.1 Å². The van der Waals surface area contributed by atoms with Crippen molar-refractivity contribution in [2.75, 3.05) is 0 Å². The van der Waals surface area contributed by atoms with Crippen molar-refractivity contribution in [1.29, 1.82) is 0 Å². The minimum absolute atomic E-state index is 0.0146. The molecule has 0 aliphatic heterocycles. The van der Waals surface area contributed by atoms with Crippen LogP contribution in [-0.4, -0.2) is 10.9 Å². The van der Waals surface area contributed by atoms with Gasteiger partial charge in [-0.1, -0.05) is 6.07 Å². The van der Waals surface area contributed by atoms with Gasteiger partial charge in [-0.15, -0.1) is 12.6 Å². The molecule has 0 saturated heterocycles. The molecule has 0 amide bonds. The molecule has 1 aromatic carbocycles. The lowest BCUT2D eigenvalue weighted by molar-refractivity contribution is -0.116. The van der Waals surface area contributed by atoms with E-state index in [2.05, 4.69) is 12.6 Å². The molecule has 13 heavy (non-hydrogen) atoms. The first kappa shape index (κ1) is 10.3. The van der Waals surface area contributed by atoms with Gasteiger partial charge in [-0.25, -0.2) is 0 Å². The Morgan fingerprint density at radius 3 is 2.54 bits per heavy atom. The Morgan fingerprint density at radius 2 is 2.00 bits per heavy atom. The predicted molar refractivity (Wildman–Crippen MR) is 54.0 cm³/mol. The van der Waals surface area contributed by atoms with Crippen LogP contribution in [0.2, 0.25) is 0 Å². The maximum Gasteiger partial charge on any atom is 0.134 e. The number of hydrogen-bond acceptors (Lipinski definition) is 3. The average molecular weight is 196 g/mol. The highest BCUT2D eigenvalue weighted by atomic mass is 32.1. The van der Waals surface area contributed by atoms with Crippen LogP contribution in [0.1, 0.15) is 18.1 Å². The highest BCUT2D eigenvalue weighted by Gasteiger charge is 2.00. The Hall–Kier alpha value is -0.800. The van der Waals surface area contributed by atoms with E-state index in [-0.39, 0.29) is 12.4 Å². The molecule has 0 saturated carbocycles. The zero-order chi connectivity index (χ0) is 9.84. The molecular weight excluding hydrogens is 184 g/mol. The fraction of sp³-hybridized carbons (Fsp3) is 0.300. The third-order valence-electron chi connectivity index (χ3n) is 1.67. The third kappa shape index (κ3) is 3.20. The number of carbonyl (C=O) groups is 1. The van der Waals surface area contributed by atoms with Crippen molar-refractivity contribution >= 4 is 18.4 Å². The van der Waals surface area contributed by atoms with Gasteiger partial charge in [0.15, 0.2) is 0 Å². The summed E-state index contributed by atoms with van der Waals surface area (Å²) in [4.78, 5) is 11.6. The Labute approximate surface area is 83.0 Å². The molecule has 0 unspecified atom stereocenters. The van der Waals surface area contributed by atoms with Crippen LogP contribution in [0.5, 0.6) is 0 Å². The van der Waals surface area contributed by atoms with Crippen LogP contribution in [0.25, 0.3) is 0 Å². The van der Waals surface area contributed by atoms with Crippen LogP contribution >= 0.6 is 12.6 Å². The van der Waals surface area contributed by atoms with E-state index in [0.717, 1.165) is 16.0 Å². The molecule has 2 nitrogen and oxygen atoms in total. The number of carbonyl (C=O) groups excluding carboxylic acids is 1. The van der Waals surface area contributed by atoms with Crippen LogP contribution in [0.3, 0.4) is 0 Å². The van der Waals surface area contributed by atoms with Crippen LogP contribution < -0.4 is 0 Å². The Morgan fingerprint density at radius 1 is 1.38 bits per heavy atom. The van der Waals surface area contributed by atoms with E-state index in [4.69, 9.17) is 5.11 Å². The van der Waals surface area contributed by atoms with Crippen molar-refractivity contribution in [2.24, 2.45) is 0 Å². The maximum atomic E-state index is 10.8. The van der Waals surface area contributed by atoms with E-state index < -0.39 is 0 Å². The number of benzene rings is 1. The topological polar surface area (TPSA) is 37.3 Å². The summed E-state index contributed by atoms with van der Waals surface area (Å²) in [6.45, 7) is 1.53. The number of thiol groups is 1. The van der Waals surface area contributed by atoms with E-state index in [1.54, 1.807) is 13.0 Å². The Kier molecular flexibility index (Phi) is 3.51. The molecule has 0 fully saturated rings. The smallest absolute Gasteiger partial charge is 0.134 e. The van der Waals surface area contributed by atoms with Crippen molar-refractivity contribution < 1.29 is 9.90 Å². The number of ketones is 1. The zero-order valence-corrected chi connectivity index (χ0v) is 8.34. The predicted octanol–water partition coefficient (Wildman–Crippen LogP) is 1.60. The molecule has 0 aliphatic rings. The summed E-state index contributed by atoms with van der Waals surface area (Å²) in [5, 5.41) is 8.90. The summed E-state index contributed by atoms with van der Waals surface area (Å²) in [6.07, 6.45) is 0.404. The van der Waals surface area contributed by atoms with Crippen molar-refractivity contribution in [3.63, 3.8) is 0 Å². The molecule has 0 atom stereocenters. The molecule has 1 rings (SSSR count). The second-order valence-electron chi connectivity index (χ2n) is 3.04. The monoisotopic (exact) mass is 196 g/mol. The largest absolute Gasteiger partial charge is 0.392 e. The van der Waals surface area contributed by atoms with Gasteiger partial charge in [-0.2, -0.15) is 0 Å².